The Labute approximate surface area is 91.3 Å². The molecule has 0 fully saturated rings. The summed E-state index contributed by atoms with van der Waals surface area (Å²) in [5.74, 6) is 1.22. The molecule has 15 heavy (non-hydrogen) atoms. The molecule has 0 unspecified atom stereocenters. The molecule has 1 rings (SSSR count). The lowest BCUT2D eigenvalue weighted by Gasteiger charge is -2.12. The summed E-state index contributed by atoms with van der Waals surface area (Å²) in [5, 5.41) is 0. The maximum atomic E-state index is 11.3. The number of rotatable bonds is 4. The first kappa shape index (κ1) is 11.8. The predicted molar refractivity (Wildman–Crippen MR) is 61.5 cm³/mol. The molecule has 0 aliphatic heterocycles. The summed E-state index contributed by atoms with van der Waals surface area (Å²) in [6, 6.07) is 5.67. The van der Waals surface area contributed by atoms with Crippen molar-refractivity contribution in [2.45, 2.75) is 27.7 Å². The molecule has 0 aliphatic rings. The summed E-state index contributed by atoms with van der Waals surface area (Å²) in [6.45, 7) is 8.37. The molecule has 0 bridgehead atoms. The zero-order chi connectivity index (χ0) is 11.4. The third-order valence-corrected chi connectivity index (χ3v) is 2.09. The van der Waals surface area contributed by atoms with Gasteiger partial charge in [-0.1, -0.05) is 19.9 Å². The predicted octanol–water partition coefficient (Wildman–Crippen LogP) is 3.23. The second-order valence-corrected chi connectivity index (χ2v) is 4.26. The van der Waals surface area contributed by atoms with Crippen LogP contribution in [-0.2, 0) is 0 Å². The largest absolute Gasteiger partial charge is 0.493 e. The van der Waals surface area contributed by atoms with E-state index in [1.54, 1.807) is 6.92 Å². The van der Waals surface area contributed by atoms with Crippen molar-refractivity contribution in [3.05, 3.63) is 29.3 Å². The highest BCUT2D eigenvalue weighted by Crippen LogP contribution is 2.21. The van der Waals surface area contributed by atoms with E-state index in [1.165, 1.54) is 0 Å². The van der Waals surface area contributed by atoms with Gasteiger partial charge < -0.3 is 4.74 Å². The highest BCUT2D eigenvalue weighted by Gasteiger charge is 2.08. The summed E-state index contributed by atoms with van der Waals surface area (Å²) < 4.78 is 5.62. The molecule has 0 aromatic heterocycles. The van der Waals surface area contributed by atoms with E-state index in [0.717, 1.165) is 5.56 Å². The van der Waals surface area contributed by atoms with Crippen LogP contribution >= 0.6 is 0 Å². The van der Waals surface area contributed by atoms with Crippen LogP contribution in [0.4, 0.5) is 0 Å². The summed E-state index contributed by atoms with van der Waals surface area (Å²) in [6.07, 6.45) is 0. The van der Waals surface area contributed by atoms with Gasteiger partial charge in [0, 0.05) is 0 Å². The summed E-state index contributed by atoms with van der Waals surface area (Å²) >= 11 is 0. The minimum Gasteiger partial charge on any atom is -0.493 e. The van der Waals surface area contributed by atoms with Gasteiger partial charge >= 0.3 is 0 Å². The lowest BCUT2D eigenvalue weighted by molar-refractivity contribution is 0.101. The van der Waals surface area contributed by atoms with Crippen molar-refractivity contribution in [2.24, 2.45) is 5.92 Å². The fourth-order valence-corrected chi connectivity index (χ4v) is 1.30. The van der Waals surface area contributed by atoms with Gasteiger partial charge in [-0.2, -0.15) is 0 Å². The molecule has 0 spiro atoms. The second-order valence-electron chi connectivity index (χ2n) is 4.26. The number of Topliss-reactive ketones (excluding diaryl/α,β-unsaturated/α-hetero) is 1. The molecule has 0 amide bonds. The first-order valence-electron chi connectivity index (χ1n) is 5.25. The monoisotopic (exact) mass is 206 g/mol. The Bertz CT molecular complexity index is 354. The molecule has 2 nitrogen and oxygen atoms in total. The Hall–Kier alpha value is -1.31. The van der Waals surface area contributed by atoms with Crippen molar-refractivity contribution >= 4 is 5.78 Å². The molecule has 1 aromatic carbocycles. The van der Waals surface area contributed by atoms with Crippen LogP contribution in [-0.4, -0.2) is 12.4 Å². The van der Waals surface area contributed by atoms with Crippen molar-refractivity contribution in [3.8, 4) is 5.75 Å². The third kappa shape index (κ3) is 3.39. The van der Waals surface area contributed by atoms with Crippen molar-refractivity contribution < 1.29 is 9.53 Å². The van der Waals surface area contributed by atoms with Gasteiger partial charge in [-0.25, -0.2) is 0 Å². The molecule has 0 radical (unpaired) electrons. The Kier molecular flexibility index (Phi) is 3.89. The minimum atomic E-state index is 0.0498. The fourth-order valence-electron chi connectivity index (χ4n) is 1.30. The Morgan fingerprint density at radius 2 is 2.07 bits per heavy atom. The molecule has 0 atom stereocenters. The highest BCUT2D eigenvalue weighted by atomic mass is 16.5. The molecular formula is C13H18O2. The Balaban J connectivity index is 2.92. The van der Waals surface area contributed by atoms with Gasteiger partial charge in [-0.15, -0.1) is 0 Å². The maximum absolute atomic E-state index is 11.3. The van der Waals surface area contributed by atoms with Crippen LogP contribution in [0.1, 0.15) is 36.7 Å². The van der Waals surface area contributed by atoms with Gasteiger partial charge in [-0.3, -0.25) is 4.79 Å². The average Bonchev–Trinajstić information content (AvgIpc) is 2.14. The van der Waals surface area contributed by atoms with Crippen LogP contribution in [0.3, 0.4) is 0 Å². The standard InChI is InChI=1S/C13H18O2/c1-9(2)8-15-13-7-10(3)5-6-12(13)11(4)14/h5-7,9H,8H2,1-4H3. The van der Waals surface area contributed by atoms with E-state index in [0.29, 0.717) is 23.8 Å². The molecular weight excluding hydrogens is 188 g/mol. The highest BCUT2D eigenvalue weighted by molar-refractivity contribution is 5.96. The summed E-state index contributed by atoms with van der Waals surface area (Å²) in [4.78, 5) is 11.3. The first-order valence-corrected chi connectivity index (χ1v) is 5.25. The SMILES string of the molecule is CC(=O)c1ccc(C)cc1OCC(C)C. The number of benzene rings is 1. The number of carbonyl (C=O) groups excluding carboxylic acids is 1. The van der Waals surface area contributed by atoms with Crippen LogP contribution in [0.25, 0.3) is 0 Å². The Morgan fingerprint density at radius 1 is 1.40 bits per heavy atom. The van der Waals surface area contributed by atoms with Crippen molar-refractivity contribution in [3.63, 3.8) is 0 Å². The van der Waals surface area contributed by atoms with E-state index in [4.69, 9.17) is 4.74 Å². The third-order valence-electron chi connectivity index (χ3n) is 2.09. The van der Waals surface area contributed by atoms with Crippen molar-refractivity contribution in [2.75, 3.05) is 6.61 Å². The van der Waals surface area contributed by atoms with Gasteiger partial charge in [0.1, 0.15) is 5.75 Å². The number of carbonyl (C=O) groups is 1. The zero-order valence-electron chi connectivity index (χ0n) is 9.83. The van der Waals surface area contributed by atoms with Gasteiger partial charge in [-0.05, 0) is 37.5 Å². The van der Waals surface area contributed by atoms with E-state index in [-0.39, 0.29) is 5.78 Å². The van der Waals surface area contributed by atoms with Crippen LogP contribution in [0.5, 0.6) is 5.75 Å². The van der Waals surface area contributed by atoms with Crippen molar-refractivity contribution in [1.29, 1.82) is 0 Å². The minimum absolute atomic E-state index is 0.0498. The van der Waals surface area contributed by atoms with Gasteiger partial charge in [0.05, 0.1) is 12.2 Å². The van der Waals surface area contributed by atoms with E-state index < -0.39 is 0 Å². The topological polar surface area (TPSA) is 26.3 Å². The summed E-state index contributed by atoms with van der Waals surface area (Å²) in [5.41, 5.74) is 1.78. The molecule has 2 heteroatoms. The van der Waals surface area contributed by atoms with Gasteiger partial charge in [0.2, 0.25) is 0 Å². The van der Waals surface area contributed by atoms with Crippen molar-refractivity contribution in [1.82, 2.24) is 0 Å². The second kappa shape index (κ2) is 4.96. The molecule has 0 aliphatic carbocycles. The normalized spacial score (nSPS) is 10.5. The lowest BCUT2D eigenvalue weighted by Crippen LogP contribution is -2.07. The molecule has 1 aromatic rings. The Morgan fingerprint density at radius 3 is 2.60 bits per heavy atom. The quantitative estimate of drug-likeness (QED) is 0.707. The lowest BCUT2D eigenvalue weighted by atomic mass is 10.1. The van der Waals surface area contributed by atoms with E-state index in [1.807, 2.05) is 25.1 Å². The molecule has 0 N–H and O–H groups in total. The van der Waals surface area contributed by atoms with Crippen LogP contribution in [0.2, 0.25) is 0 Å². The van der Waals surface area contributed by atoms with Crippen LogP contribution in [0.15, 0.2) is 18.2 Å². The first-order chi connectivity index (χ1) is 7.00. The van der Waals surface area contributed by atoms with E-state index >= 15 is 0 Å². The molecule has 0 saturated carbocycles. The zero-order valence-corrected chi connectivity index (χ0v) is 9.83. The smallest absolute Gasteiger partial charge is 0.163 e. The molecule has 82 valence electrons. The number of ether oxygens (including phenoxy) is 1. The van der Waals surface area contributed by atoms with Gasteiger partial charge in [0.15, 0.2) is 5.78 Å². The fraction of sp³-hybridized carbons (Fsp3) is 0.462. The van der Waals surface area contributed by atoms with Crippen LogP contribution < -0.4 is 4.74 Å². The van der Waals surface area contributed by atoms with E-state index in [9.17, 15) is 4.79 Å². The number of ketones is 1. The molecule has 0 saturated heterocycles. The molecule has 0 heterocycles. The number of aryl methyl sites for hydroxylation is 1. The van der Waals surface area contributed by atoms with Crippen LogP contribution in [0, 0.1) is 12.8 Å². The average molecular weight is 206 g/mol. The van der Waals surface area contributed by atoms with E-state index in [2.05, 4.69) is 13.8 Å². The van der Waals surface area contributed by atoms with Gasteiger partial charge in [0.25, 0.3) is 0 Å². The summed E-state index contributed by atoms with van der Waals surface area (Å²) in [7, 11) is 0. The maximum Gasteiger partial charge on any atom is 0.163 e. The number of hydrogen-bond donors (Lipinski definition) is 0. The number of hydrogen-bond acceptors (Lipinski definition) is 2.